The lowest BCUT2D eigenvalue weighted by Gasteiger charge is -2.39. The highest BCUT2D eigenvalue weighted by Gasteiger charge is 2.42. The Hall–Kier alpha value is -2.83. The SMILES string of the molecule is COc1ccccc1[C@@H]1Oc2c(Br)cc(Br)cc2[C@@H]2CC(c3ccc4ccccc4c3)=NN21. The van der Waals surface area contributed by atoms with Gasteiger partial charge in [-0.2, -0.15) is 5.10 Å². The zero-order valence-corrected chi connectivity index (χ0v) is 21.0. The van der Waals surface area contributed by atoms with Gasteiger partial charge in [-0.15, -0.1) is 0 Å². The largest absolute Gasteiger partial charge is 0.496 e. The van der Waals surface area contributed by atoms with Gasteiger partial charge in [0.05, 0.1) is 28.9 Å². The Kier molecular flexibility index (Phi) is 5.15. The second kappa shape index (κ2) is 8.19. The number of halogens is 2. The van der Waals surface area contributed by atoms with E-state index < -0.39 is 6.23 Å². The van der Waals surface area contributed by atoms with Gasteiger partial charge in [0.2, 0.25) is 6.23 Å². The topological polar surface area (TPSA) is 34.1 Å². The van der Waals surface area contributed by atoms with Crippen LogP contribution in [0.3, 0.4) is 0 Å². The molecule has 4 aromatic rings. The van der Waals surface area contributed by atoms with Crippen LogP contribution in [0.1, 0.15) is 35.4 Å². The molecule has 164 valence electrons. The van der Waals surface area contributed by atoms with Crippen LogP contribution in [0.2, 0.25) is 0 Å². The highest BCUT2D eigenvalue weighted by atomic mass is 79.9. The summed E-state index contributed by atoms with van der Waals surface area (Å²) in [5, 5.41) is 9.65. The number of nitrogens with zero attached hydrogens (tertiary/aromatic N) is 2. The maximum atomic E-state index is 6.59. The molecular formula is C27H20Br2N2O2. The van der Waals surface area contributed by atoms with Crippen LogP contribution in [0.15, 0.2) is 92.9 Å². The second-order valence-electron chi connectivity index (χ2n) is 8.23. The first-order chi connectivity index (χ1) is 16.1. The van der Waals surface area contributed by atoms with E-state index in [0.29, 0.717) is 0 Å². The molecule has 2 aliphatic rings. The summed E-state index contributed by atoms with van der Waals surface area (Å²) in [5.74, 6) is 1.64. The third kappa shape index (κ3) is 3.52. The van der Waals surface area contributed by atoms with Gasteiger partial charge in [-0.05, 0) is 62.6 Å². The third-order valence-corrected chi connectivity index (χ3v) is 7.34. The van der Waals surface area contributed by atoms with Crippen molar-refractivity contribution in [3.63, 3.8) is 0 Å². The maximum Gasteiger partial charge on any atom is 0.217 e. The second-order valence-corrected chi connectivity index (χ2v) is 10.00. The van der Waals surface area contributed by atoms with Crippen LogP contribution >= 0.6 is 31.9 Å². The van der Waals surface area contributed by atoms with Gasteiger partial charge in [0.25, 0.3) is 0 Å². The van der Waals surface area contributed by atoms with Crippen molar-refractivity contribution in [1.29, 1.82) is 0 Å². The lowest BCUT2D eigenvalue weighted by Crippen LogP contribution is -2.34. The lowest BCUT2D eigenvalue weighted by molar-refractivity contribution is -0.0210. The summed E-state index contributed by atoms with van der Waals surface area (Å²) in [7, 11) is 1.69. The lowest BCUT2D eigenvalue weighted by atomic mass is 9.95. The number of hydrogen-bond donors (Lipinski definition) is 0. The number of hydrogen-bond acceptors (Lipinski definition) is 4. The molecule has 6 rings (SSSR count). The molecule has 33 heavy (non-hydrogen) atoms. The minimum Gasteiger partial charge on any atom is -0.496 e. The molecule has 2 heterocycles. The molecule has 0 saturated carbocycles. The van der Waals surface area contributed by atoms with Crippen molar-refractivity contribution >= 4 is 48.3 Å². The molecule has 0 N–H and O–H groups in total. The van der Waals surface area contributed by atoms with Crippen molar-refractivity contribution in [2.24, 2.45) is 5.10 Å². The quantitative estimate of drug-likeness (QED) is 0.257. The molecule has 0 unspecified atom stereocenters. The van der Waals surface area contributed by atoms with E-state index >= 15 is 0 Å². The molecule has 0 spiro atoms. The Morgan fingerprint density at radius 2 is 1.70 bits per heavy atom. The fourth-order valence-corrected chi connectivity index (χ4v) is 6.09. The van der Waals surface area contributed by atoms with Gasteiger partial charge < -0.3 is 9.47 Å². The molecule has 0 aliphatic carbocycles. The Labute approximate surface area is 209 Å². The van der Waals surface area contributed by atoms with Gasteiger partial charge in [0.15, 0.2) is 0 Å². The van der Waals surface area contributed by atoms with E-state index in [-0.39, 0.29) is 6.04 Å². The smallest absolute Gasteiger partial charge is 0.217 e. The minimum absolute atomic E-state index is 0.0546. The summed E-state index contributed by atoms with van der Waals surface area (Å²) in [4.78, 5) is 0. The fourth-order valence-electron chi connectivity index (χ4n) is 4.73. The Bertz CT molecular complexity index is 1420. The fraction of sp³-hybridized carbons (Fsp3) is 0.148. The van der Waals surface area contributed by atoms with Gasteiger partial charge in [0, 0.05) is 16.5 Å². The highest BCUT2D eigenvalue weighted by molar-refractivity contribution is 9.11. The summed E-state index contributed by atoms with van der Waals surface area (Å²) in [6.45, 7) is 0. The van der Waals surface area contributed by atoms with Crippen molar-refractivity contribution in [1.82, 2.24) is 5.01 Å². The van der Waals surface area contributed by atoms with Crippen molar-refractivity contribution in [3.8, 4) is 11.5 Å². The van der Waals surface area contributed by atoms with Gasteiger partial charge >= 0.3 is 0 Å². The predicted octanol–water partition coefficient (Wildman–Crippen LogP) is 7.62. The third-order valence-electron chi connectivity index (χ3n) is 6.30. The molecule has 0 amide bonds. The van der Waals surface area contributed by atoms with Crippen LogP contribution in [-0.4, -0.2) is 17.8 Å². The average Bonchev–Trinajstić information content (AvgIpc) is 3.29. The summed E-state index contributed by atoms with van der Waals surface area (Å²) in [5.41, 5.74) is 4.26. The number of rotatable bonds is 3. The van der Waals surface area contributed by atoms with Gasteiger partial charge in [-0.1, -0.05) is 64.5 Å². The highest BCUT2D eigenvalue weighted by Crippen LogP contribution is 2.51. The first-order valence-electron chi connectivity index (χ1n) is 10.8. The number of para-hydroxylation sites is 1. The van der Waals surface area contributed by atoms with Crippen molar-refractivity contribution in [3.05, 3.63) is 104 Å². The van der Waals surface area contributed by atoms with Crippen LogP contribution in [0.5, 0.6) is 11.5 Å². The molecule has 6 heteroatoms. The zero-order valence-electron chi connectivity index (χ0n) is 17.8. The Morgan fingerprint density at radius 3 is 2.55 bits per heavy atom. The zero-order chi connectivity index (χ0) is 22.5. The normalized spacial score (nSPS) is 19.0. The average molecular weight is 564 g/mol. The number of hydrazone groups is 1. The summed E-state index contributed by atoms with van der Waals surface area (Å²) < 4.78 is 14.2. The summed E-state index contributed by atoms with van der Waals surface area (Å²) in [6.07, 6.45) is 0.401. The molecule has 0 radical (unpaired) electrons. The summed E-state index contributed by atoms with van der Waals surface area (Å²) >= 11 is 7.36. The Balaban J connectivity index is 1.49. The van der Waals surface area contributed by atoms with Crippen LogP contribution in [0.25, 0.3) is 10.8 Å². The molecule has 4 aromatic carbocycles. The van der Waals surface area contributed by atoms with E-state index in [1.165, 1.54) is 10.8 Å². The van der Waals surface area contributed by atoms with Gasteiger partial charge in [0.1, 0.15) is 11.5 Å². The van der Waals surface area contributed by atoms with Crippen molar-refractivity contribution in [2.45, 2.75) is 18.7 Å². The van der Waals surface area contributed by atoms with Gasteiger partial charge in [-0.25, -0.2) is 5.01 Å². The summed E-state index contributed by atoms with van der Waals surface area (Å²) in [6, 6.07) is 27.2. The molecule has 0 fully saturated rings. The molecule has 2 aliphatic heterocycles. The van der Waals surface area contributed by atoms with E-state index in [1.807, 2.05) is 30.3 Å². The maximum absolute atomic E-state index is 6.59. The monoisotopic (exact) mass is 562 g/mol. The minimum atomic E-state index is -0.394. The van der Waals surface area contributed by atoms with Crippen molar-refractivity contribution in [2.75, 3.05) is 7.11 Å². The van der Waals surface area contributed by atoms with E-state index in [9.17, 15) is 0 Å². The van der Waals surface area contributed by atoms with Crippen LogP contribution in [0, 0.1) is 0 Å². The number of ether oxygens (including phenoxy) is 2. The van der Waals surface area contributed by atoms with E-state index in [4.69, 9.17) is 14.6 Å². The Morgan fingerprint density at radius 1 is 0.909 bits per heavy atom. The molecule has 0 saturated heterocycles. The van der Waals surface area contributed by atoms with E-state index in [2.05, 4.69) is 85.4 Å². The van der Waals surface area contributed by atoms with Crippen LogP contribution < -0.4 is 9.47 Å². The first kappa shape index (κ1) is 20.8. The first-order valence-corrected chi connectivity index (χ1v) is 12.3. The number of benzene rings is 4. The molecule has 0 aromatic heterocycles. The van der Waals surface area contributed by atoms with Crippen LogP contribution in [0.4, 0.5) is 0 Å². The van der Waals surface area contributed by atoms with Gasteiger partial charge in [-0.3, -0.25) is 0 Å². The molecular weight excluding hydrogens is 544 g/mol. The molecule has 0 bridgehead atoms. The molecule has 2 atom stereocenters. The standard InChI is InChI=1S/C27H20Br2N2O2/c1-32-25-9-5-4-8-20(25)27-31-24(21-13-19(28)14-22(29)26(21)33-27)15-23(30-31)18-11-10-16-6-2-3-7-17(16)12-18/h2-14,24,27H,15H2,1H3/t24-,27-/m0/s1. The number of methoxy groups -OCH3 is 1. The number of fused-ring (bicyclic) bond motifs is 4. The van der Waals surface area contributed by atoms with E-state index in [1.54, 1.807) is 7.11 Å². The van der Waals surface area contributed by atoms with E-state index in [0.717, 1.165) is 49.3 Å². The predicted molar refractivity (Wildman–Crippen MR) is 138 cm³/mol. The van der Waals surface area contributed by atoms with Crippen LogP contribution in [-0.2, 0) is 0 Å². The van der Waals surface area contributed by atoms with Crippen molar-refractivity contribution < 1.29 is 9.47 Å². The molecule has 4 nitrogen and oxygen atoms in total.